The molecule has 3 aromatic rings. The summed E-state index contributed by atoms with van der Waals surface area (Å²) >= 11 is 0. The summed E-state index contributed by atoms with van der Waals surface area (Å²) in [5, 5.41) is 17.1. The van der Waals surface area contributed by atoms with Crippen LogP contribution in [0.2, 0.25) is 0 Å². The molecule has 0 aliphatic carbocycles. The van der Waals surface area contributed by atoms with Crippen LogP contribution in [0.3, 0.4) is 0 Å². The molecule has 4 heterocycles. The quantitative estimate of drug-likeness (QED) is 0.626. The molecule has 0 radical (unpaired) electrons. The van der Waals surface area contributed by atoms with Gasteiger partial charge in [0.05, 0.1) is 5.69 Å². The maximum Gasteiger partial charge on any atom is 0.490 e. The summed E-state index contributed by atoms with van der Waals surface area (Å²) in [6.45, 7) is 0. The summed E-state index contributed by atoms with van der Waals surface area (Å²) < 4.78 is 40.0. The first kappa shape index (κ1) is 23.0. The molecule has 5 rings (SSSR count). The molecule has 2 aromatic heterocycles. The van der Waals surface area contributed by atoms with Gasteiger partial charge in [0.15, 0.2) is 0 Å². The smallest absolute Gasteiger partial charge is 0.475 e. The molecule has 0 saturated carbocycles. The Morgan fingerprint density at radius 3 is 2.30 bits per heavy atom. The Morgan fingerprint density at radius 2 is 1.73 bits per heavy atom. The molecule has 7 nitrogen and oxygen atoms in total. The van der Waals surface area contributed by atoms with E-state index in [9.17, 15) is 13.2 Å². The summed E-state index contributed by atoms with van der Waals surface area (Å²) in [5.74, 6) is -2.11. The number of halogens is 3. The highest BCUT2D eigenvalue weighted by atomic mass is 19.4. The Kier molecular flexibility index (Phi) is 6.29. The van der Waals surface area contributed by atoms with Gasteiger partial charge in [-0.2, -0.15) is 13.2 Å². The highest BCUT2D eigenvalue weighted by molar-refractivity contribution is 5.84. The third kappa shape index (κ3) is 5.11. The zero-order valence-corrected chi connectivity index (χ0v) is 18.3. The molecule has 2 atom stereocenters. The van der Waals surface area contributed by atoms with Gasteiger partial charge in [-0.25, -0.2) is 4.79 Å². The lowest BCUT2D eigenvalue weighted by atomic mass is 10.0. The number of fused-ring (bicyclic) bond motifs is 3. The Balaban J connectivity index is 0.000000325. The highest BCUT2D eigenvalue weighted by Crippen LogP contribution is 2.35. The predicted molar refractivity (Wildman–Crippen MR) is 116 cm³/mol. The lowest BCUT2D eigenvalue weighted by Gasteiger charge is -2.35. The van der Waals surface area contributed by atoms with E-state index in [4.69, 9.17) is 14.6 Å². The van der Waals surface area contributed by atoms with E-state index >= 15 is 0 Å². The van der Waals surface area contributed by atoms with Crippen LogP contribution in [0.5, 0.6) is 5.88 Å². The topological polar surface area (TPSA) is 80.5 Å². The number of hydrogen-bond acceptors (Lipinski definition) is 5. The fraction of sp³-hybridized carbons (Fsp3) is 0.435. The van der Waals surface area contributed by atoms with Crippen LogP contribution in [0.4, 0.5) is 13.2 Å². The molecule has 176 valence electrons. The standard InChI is InChI=1S/C21H24N4O.C2HF3O2/c1-24-10-9-15-11-14(3-7-20(15)24)19-6-8-21(23-22-19)26-18-12-16-4-5-17(13-18)25(16)2;3-2(4,5)1(6)7/h3,6-11,16-18H,4-5,12-13H2,1-2H3;(H,6,7). The molecule has 2 aliphatic rings. The molecule has 0 amide bonds. The minimum absolute atomic E-state index is 0.268. The van der Waals surface area contributed by atoms with Crippen LogP contribution >= 0.6 is 0 Å². The van der Waals surface area contributed by atoms with E-state index in [1.807, 2.05) is 12.1 Å². The largest absolute Gasteiger partial charge is 0.490 e. The first-order valence-corrected chi connectivity index (χ1v) is 10.7. The second kappa shape index (κ2) is 9.01. The zero-order chi connectivity index (χ0) is 23.8. The van der Waals surface area contributed by atoms with Crippen molar-refractivity contribution in [1.29, 1.82) is 0 Å². The van der Waals surface area contributed by atoms with E-state index in [1.165, 1.54) is 23.7 Å². The number of aryl methyl sites for hydroxylation is 1. The number of carboxylic acids is 1. The van der Waals surface area contributed by atoms with E-state index in [-0.39, 0.29) is 6.10 Å². The van der Waals surface area contributed by atoms with E-state index in [0.717, 1.165) is 24.1 Å². The van der Waals surface area contributed by atoms with Crippen molar-refractivity contribution in [2.45, 2.75) is 50.0 Å². The van der Waals surface area contributed by atoms with Crippen LogP contribution in [0.25, 0.3) is 22.2 Å². The summed E-state index contributed by atoms with van der Waals surface area (Å²) in [7, 11) is 4.31. The van der Waals surface area contributed by atoms with Gasteiger partial charge in [-0.1, -0.05) is 6.07 Å². The second-order valence-electron chi connectivity index (χ2n) is 8.52. The van der Waals surface area contributed by atoms with Crippen molar-refractivity contribution in [3.8, 4) is 17.1 Å². The van der Waals surface area contributed by atoms with Gasteiger partial charge in [-0.3, -0.25) is 0 Å². The SMILES string of the molecule is CN1C2CCC1CC(Oc1ccc(-c3ccc4c(ccn4C)c3)nn1)C2.O=C(O)C(F)(F)F. The first-order chi connectivity index (χ1) is 15.6. The van der Waals surface area contributed by atoms with Crippen LogP contribution < -0.4 is 4.74 Å². The zero-order valence-electron chi connectivity index (χ0n) is 18.3. The number of rotatable bonds is 3. The number of benzene rings is 1. The van der Waals surface area contributed by atoms with Crippen molar-refractivity contribution in [2.24, 2.45) is 7.05 Å². The van der Waals surface area contributed by atoms with Crippen molar-refractivity contribution in [2.75, 3.05) is 7.05 Å². The molecule has 2 saturated heterocycles. The van der Waals surface area contributed by atoms with Gasteiger partial charge >= 0.3 is 12.1 Å². The number of carboxylic acid groups (broad SMARTS) is 1. The number of ether oxygens (including phenoxy) is 1. The number of nitrogens with zero attached hydrogens (tertiary/aromatic N) is 4. The highest BCUT2D eigenvalue weighted by Gasteiger charge is 2.39. The van der Waals surface area contributed by atoms with Crippen molar-refractivity contribution >= 4 is 16.9 Å². The lowest BCUT2D eigenvalue weighted by Crippen LogP contribution is -2.43. The molecule has 2 bridgehead atoms. The molecule has 0 spiro atoms. The summed E-state index contributed by atoms with van der Waals surface area (Å²) in [5.41, 5.74) is 3.19. The van der Waals surface area contributed by atoms with E-state index in [2.05, 4.69) is 64.2 Å². The fourth-order valence-corrected chi connectivity index (χ4v) is 4.61. The Labute approximate surface area is 188 Å². The lowest BCUT2D eigenvalue weighted by molar-refractivity contribution is -0.192. The predicted octanol–water partition coefficient (Wildman–Crippen LogP) is 4.27. The molecule has 2 unspecified atom stereocenters. The fourth-order valence-electron chi connectivity index (χ4n) is 4.61. The van der Waals surface area contributed by atoms with Gasteiger partial charge < -0.3 is 19.3 Å². The van der Waals surface area contributed by atoms with Gasteiger partial charge in [0, 0.05) is 47.9 Å². The number of carbonyl (C=O) groups is 1. The third-order valence-electron chi connectivity index (χ3n) is 6.41. The summed E-state index contributed by atoms with van der Waals surface area (Å²) in [6, 6.07) is 13.8. The molecule has 1 aromatic carbocycles. The maximum absolute atomic E-state index is 10.6. The summed E-state index contributed by atoms with van der Waals surface area (Å²) in [4.78, 5) is 11.4. The Bertz CT molecular complexity index is 1120. The number of alkyl halides is 3. The van der Waals surface area contributed by atoms with Crippen molar-refractivity contribution < 1.29 is 27.8 Å². The molecule has 33 heavy (non-hydrogen) atoms. The number of aromatic nitrogens is 3. The second-order valence-corrected chi connectivity index (χ2v) is 8.52. The van der Waals surface area contributed by atoms with Gasteiger partial charge in [-0.05, 0) is 57.0 Å². The van der Waals surface area contributed by atoms with E-state index < -0.39 is 12.1 Å². The average molecular weight is 462 g/mol. The van der Waals surface area contributed by atoms with Crippen LogP contribution in [-0.2, 0) is 11.8 Å². The molecule has 1 N–H and O–H groups in total. The molecule has 2 fully saturated rings. The molecular formula is C23H25F3N4O3. The number of hydrogen-bond donors (Lipinski definition) is 1. The molecular weight excluding hydrogens is 437 g/mol. The van der Waals surface area contributed by atoms with Crippen LogP contribution in [-0.4, -0.2) is 62.2 Å². The third-order valence-corrected chi connectivity index (χ3v) is 6.41. The molecule has 2 aliphatic heterocycles. The van der Waals surface area contributed by atoms with Crippen molar-refractivity contribution in [3.63, 3.8) is 0 Å². The number of piperidine rings is 1. The van der Waals surface area contributed by atoms with Gasteiger partial charge in [0.2, 0.25) is 5.88 Å². The van der Waals surface area contributed by atoms with Crippen molar-refractivity contribution in [1.82, 2.24) is 19.7 Å². The minimum atomic E-state index is -5.08. The van der Waals surface area contributed by atoms with Gasteiger partial charge in [0.25, 0.3) is 0 Å². The molecule has 10 heteroatoms. The first-order valence-electron chi connectivity index (χ1n) is 10.7. The normalized spacial score (nSPS) is 22.6. The van der Waals surface area contributed by atoms with Crippen LogP contribution in [0, 0.1) is 0 Å². The van der Waals surface area contributed by atoms with E-state index in [0.29, 0.717) is 18.0 Å². The average Bonchev–Trinajstić information content (AvgIpc) is 3.22. The van der Waals surface area contributed by atoms with Crippen molar-refractivity contribution in [3.05, 3.63) is 42.6 Å². The monoisotopic (exact) mass is 462 g/mol. The maximum atomic E-state index is 10.6. The summed E-state index contributed by atoms with van der Waals surface area (Å²) in [6.07, 6.45) is 2.05. The Hall–Kier alpha value is -3.14. The van der Waals surface area contributed by atoms with Gasteiger partial charge in [0.1, 0.15) is 6.10 Å². The van der Waals surface area contributed by atoms with Crippen LogP contribution in [0.1, 0.15) is 25.7 Å². The van der Waals surface area contributed by atoms with Crippen LogP contribution in [0.15, 0.2) is 42.6 Å². The minimum Gasteiger partial charge on any atom is -0.475 e. The van der Waals surface area contributed by atoms with Gasteiger partial charge in [-0.15, -0.1) is 10.2 Å². The van der Waals surface area contributed by atoms with E-state index in [1.54, 1.807) is 0 Å². The Morgan fingerprint density at radius 1 is 1.06 bits per heavy atom. The number of aliphatic carboxylic acids is 1.